The van der Waals surface area contributed by atoms with Crippen LogP contribution in [-0.2, 0) is 16.4 Å². The van der Waals surface area contributed by atoms with Crippen LogP contribution in [0.2, 0.25) is 0 Å². The minimum absolute atomic E-state index is 0.208. The van der Waals surface area contributed by atoms with E-state index in [0.29, 0.717) is 31.2 Å². The Balaban J connectivity index is 1.12. The molecule has 9 heteroatoms. The van der Waals surface area contributed by atoms with Gasteiger partial charge in [0.1, 0.15) is 11.6 Å². The van der Waals surface area contributed by atoms with Gasteiger partial charge >= 0.3 is 0 Å². The van der Waals surface area contributed by atoms with Crippen molar-refractivity contribution in [1.82, 2.24) is 13.7 Å². The number of hydrogen-bond donors (Lipinski definition) is 0. The van der Waals surface area contributed by atoms with Gasteiger partial charge in [0.05, 0.1) is 5.75 Å². The lowest BCUT2D eigenvalue weighted by Crippen LogP contribution is -2.61. The molecule has 3 aliphatic rings. The van der Waals surface area contributed by atoms with E-state index < -0.39 is 10.0 Å². The molecule has 0 atom stereocenters. The standard InChI is InChI=1S/C23H31FN4O2S2/c24-20-8-6-18(7-9-20)14-21-25-22(31-26-21)27-16-23(17-27)10-12-28(13-11-23)32(29,30)15-19-4-2-1-3-5-19/h6-9,19H,1-5,10-17H2. The van der Waals surface area contributed by atoms with E-state index in [9.17, 15) is 12.8 Å². The zero-order valence-corrected chi connectivity index (χ0v) is 20.0. The van der Waals surface area contributed by atoms with Gasteiger partial charge in [0.2, 0.25) is 15.2 Å². The summed E-state index contributed by atoms with van der Waals surface area (Å²) >= 11 is 1.41. The summed E-state index contributed by atoms with van der Waals surface area (Å²) in [7, 11) is -3.14. The molecular formula is C23H31FN4O2S2. The molecule has 2 aromatic rings. The molecule has 1 saturated carbocycles. The molecule has 0 radical (unpaired) electrons. The fourth-order valence-corrected chi connectivity index (χ4v) is 8.00. The van der Waals surface area contributed by atoms with Crippen LogP contribution in [0.5, 0.6) is 0 Å². The highest BCUT2D eigenvalue weighted by atomic mass is 32.2. The molecule has 0 amide bonds. The first kappa shape index (κ1) is 22.2. The molecule has 1 aliphatic carbocycles. The Morgan fingerprint density at radius 3 is 2.44 bits per heavy atom. The maximum atomic E-state index is 13.1. The number of anilines is 1. The molecule has 2 aliphatic heterocycles. The van der Waals surface area contributed by atoms with Crippen LogP contribution in [0.1, 0.15) is 56.3 Å². The van der Waals surface area contributed by atoms with E-state index in [0.717, 1.165) is 55.3 Å². The quantitative estimate of drug-likeness (QED) is 0.626. The Labute approximate surface area is 194 Å². The van der Waals surface area contributed by atoms with E-state index in [1.807, 2.05) is 0 Å². The van der Waals surface area contributed by atoms with Crippen molar-refractivity contribution in [3.8, 4) is 0 Å². The summed E-state index contributed by atoms with van der Waals surface area (Å²) in [4.78, 5) is 6.94. The lowest BCUT2D eigenvalue weighted by molar-refractivity contribution is 0.114. The summed E-state index contributed by atoms with van der Waals surface area (Å²) in [6, 6.07) is 6.46. The lowest BCUT2D eigenvalue weighted by atomic mass is 9.73. The Morgan fingerprint density at radius 2 is 1.75 bits per heavy atom. The summed E-state index contributed by atoms with van der Waals surface area (Å²) in [5.74, 6) is 1.22. The fourth-order valence-electron chi connectivity index (χ4n) is 5.44. The maximum Gasteiger partial charge on any atom is 0.214 e. The molecule has 0 unspecified atom stereocenters. The minimum atomic E-state index is -3.14. The summed E-state index contributed by atoms with van der Waals surface area (Å²) in [5.41, 5.74) is 1.21. The van der Waals surface area contributed by atoms with Gasteiger partial charge in [0.25, 0.3) is 0 Å². The van der Waals surface area contributed by atoms with Crippen molar-refractivity contribution < 1.29 is 12.8 Å². The molecule has 3 fully saturated rings. The summed E-state index contributed by atoms with van der Waals surface area (Å²) in [6.07, 6.45) is 8.19. The van der Waals surface area contributed by atoms with E-state index in [2.05, 4.69) is 14.3 Å². The second kappa shape index (κ2) is 8.99. The Morgan fingerprint density at radius 1 is 1.06 bits per heavy atom. The van der Waals surface area contributed by atoms with Crippen molar-refractivity contribution in [1.29, 1.82) is 0 Å². The number of hydrogen-bond acceptors (Lipinski definition) is 6. The topological polar surface area (TPSA) is 66.4 Å². The second-order valence-electron chi connectivity index (χ2n) is 9.83. The smallest absolute Gasteiger partial charge is 0.214 e. The second-order valence-corrected chi connectivity index (χ2v) is 12.6. The summed E-state index contributed by atoms with van der Waals surface area (Å²) in [5, 5.41) is 0.931. The first-order valence-corrected chi connectivity index (χ1v) is 14.1. The van der Waals surface area contributed by atoms with E-state index in [1.165, 1.54) is 42.9 Å². The number of nitrogens with zero attached hydrogens (tertiary/aromatic N) is 4. The molecule has 0 bridgehead atoms. The number of aromatic nitrogens is 2. The van der Waals surface area contributed by atoms with Crippen LogP contribution in [0.25, 0.3) is 0 Å². The van der Waals surface area contributed by atoms with Crippen LogP contribution in [-0.4, -0.2) is 54.0 Å². The normalized spacial score (nSPS) is 22.2. The largest absolute Gasteiger partial charge is 0.346 e. The van der Waals surface area contributed by atoms with Gasteiger partial charge in [-0.1, -0.05) is 31.4 Å². The van der Waals surface area contributed by atoms with E-state index >= 15 is 0 Å². The SMILES string of the molecule is O=S(=O)(CC1CCCCC1)N1CCC2(CC1)CN(c1nc(Cc3ccc(F)cc3)ns1)C2. The average molecular weight is 479 g/mol. The molecule has 6 nitrogen and oxygen atoms in total. The molecule has 5 rings (SSSR count). The van der Waals surface area contributed by atoms with Gasteiger partial charge in [0, 0.05) is 49.5 Å². The predicted molar refractivity (Wildman–Crippen MR) is 125 cm³/mol. The van der Waals surface area contributed by atoms with Crippen LogP contribution in [0, 0.1) is 17.2 Å². The van der Waals surface area contributed by atoms with Gasteiger partial charge in [-0.2, -0.15) is 4.37 Å². The third-order valence-corrected chi connectivity index (χ3v) is 10.3. The molecule has 3 heterocycles. The van der Waals surface area contributed by atoms with Crippen LogP contribution >= 0.6 is 11.5 Å². The van der Waals surface area contributed by atoms with Crippen LogP contribution in [0.4, 0.5) is 9.52 Å². The van der Waals surface area contributed by atoms with E-state index in [4.69, 9.17) is 0 Å². The average Bonchev–Trinajstić information content (AvgIpc) is 3.22. The van der Waals surface area contributed by atoms with Crippen molar-refractivity contribution in [2.24, 2.45) is 11.3 Å². The minimum Gasteiger partial charge on any atom is -0.346 e. The molecule has 2 saturated heterocycles. The number of rotatable bonds is 6. The highest BCUT2D eigenvalue weighted by Gasteiger charge is 2.47. The van der Waals surface area contributed by atoms with E-state index in [-0.39, 0.29) is 11.2 Å². The van der Waals surface area contributed by atoms with Gasteiger partial charge in [-0.3, -0.25) is 0 Å². The number of benzene rings is 1. The van der Waals surface area contributed by atoms with Gasteiger partial charge in [0.15, 0.2) is 0 Å². The van der Waals surface area contributed by atoms with Crippen molar-refractivity contribution in [2.75, 3.05) is 36.8 Å². The first-order chi connectivity index (χ1) is 15.4. The molecule has 0 N–H and O–H groups in total. The zero-order valence-electron chi connectivity index (χ0n) is 18.4. The predicted octanol–water partition coefficient (Wildman–Crippen LogP) is 4.08. The number of piperidine rings is 1. The van der Waals surface area contributed by atoms with Gasteiger partial charge in [-0.15, -0.1) is 0 Å². The molecule has 1 spiro atoms. The Bertz CT molecular complexity index is 1020. The first-order valence-electron chi connectivity index (χ1n) is 11.7. The van der Waals surface area contributed by atoms with Gasteiger partial charge in [-0.05, 0) is 49.3 Å². The van der Waals surface area contributed by atoms with Crippen molar-refractivity contribution in [3.05, 3.63) is 41.5 Å². The van der Waals surface area contributed by atoms with Crippen LogP contribution in [0.15, 0.2) is 24.3 Å². The zero-order chi connectivity index (χ0) is 22.2. The van der Waals surface area contributed by atoms with Gasteiger partial charge in [-0.25, -0.2) is 22.1 Å². The molecule has 174 valence electrons. The molecule has 32 heavy (non-hydrogen) atoms. The van der Waals surface area contributed by atoms with Crippen LogP contribution in [0.3, 0.4) is 0 Å². The van der Waals surface area contributed by atoms with Crippen LogP contribution < -0.4 is 4.90 Å². The van der Waals surface area contributed by atoms with Crippen molar-refractivity contribution >= 4 is 26.7 Å². The monoisotopic (exact) mass is 478 g/mol. The summed E-state index contributed by atoms with van der Waals surface area (Å²) in [6.45, 7) is 3.15. The molecule has 1 aromatic carbocycles. The molecule has 1 aromatic heterocycles. The summed E-state index contributed by atoms with van der Waals surface area (Å²) < 4.78 is 45.1. The highest BCUT2D eigenvalue weighted by molar-refractivity contribution is 7.89. The number of sulfonamides is 1. The van der Waals surface area contributed by atoms with Crippen molar-refractivity contribution in [3.63, 3.8) is 0 Å². The Kier molecular flexibility index (Phi) is 6.24. The number of halogens is 1. The third-order valence-electron chi connectivity index (χ3n) is 7.40. The van der Waals surface area contributed by atoms with E-state index in [1.54, 1.807) is 16.4 Å². The highest BCUT2D eigenvalue weighted by Crippen LogP contribution is 2.43. The fraction of sp³-hybridized carbons (Fsp3) is 0.652. The third kappa shape index (κ3) is 4.84. The molecular weight excluding hydrogens is 447 g/mol. The lowest BCUT2D eigenvalue weighted by Gasteiger charge is -2.53. The van der Waals surface area contributed by atoms with Gasteiger partial charge < -0.3 is 4.90 Å². The maximum absolute atomic E-state index is 13.1. The Hall–Kier alpha value is -1.58. The van der Waals surface area contributed by atoms with Crippen molar-refractivity contribution in [2.45, 2.75) is 51.4 Å².